The van der Waals surface area contributed by atoms with Crippen LogP contribution in [0, 0.1) is 13.8 Å². The molecule has 0 aromatic carbocycles. The molecule has 2 N–H and O–H groups in total. The van der Waals surface area contributed by atoms with E-state index in [1.54, 1.807) is 6.07 Å². The van der Waals surface area contributed by atoms with Crippen LogP contribution in [0.4, 0.5) is 17.6 Å². The average molecular weight is 289 g/mol. The largest absolute Gasteiger partial charge is 0.376 e. The molecule has 3 heterocycles. The number of aromatic nitrogens is 3. The van der Waals surface area contributed by atoms with Crippen molar-refractivity contribution in [2.45, 2.75) is 32.8 Å². The van der Waals surface area contributed by atoms with Crippen LogP contribution in [0.2, 0.25) is 0 Å². The van der Waals surface area contributed by atoms with E-state index in [4.69, 9.17) is 9.26 Å². The van der Waals surface area contributed by atoms with Gasteiger partial charge in [0.05, 0.1) is 6.10 Å². The number of aryl methyl sites for hydroxylation is 2. The molecule has 1 atom stereocenters. The SMILES string of the molecule is Cc1cc(NCC2CCCO2)nc(Nc2cc(C)on2)n1. The smallest absolute Gasteiger partial charge is 0.230 e. The Hall–Kier alpha value is -2.15. The Labute approximate surface area is 123 Å². The van der Waals surface area contributed by atoms with Gasteiger partial charge in [-0.05, 0) is 26.7 Å². The summed E-state index contributed by atoms with van der Waals surface area (Å²) in [6.07, 6.45) is 2.50. The van der Waals surface area contributed by atoms with Crippen molar-refractivity contribution in [2.75, 3.05) is 23.8 Å². The van der Waals surface area contributed by atoms with Crippen LogP contribution in [-0.4, -0.2) is 34.4 Å². The molecule has 0 amide bonds. The summed E-state index contributed by atoms with van der Waals surface area (Å²) in [5.41, 5.74) is 0.877. The second-order valence-electron chi connectivity index (χ2n) is 5.18. The first-order valence-corrected chi connectivity index (χ1v) is 7.10. The van der Waals surface area contributed by atoms with E-state index in [2.05, 4.69) is 25.8 Å². The molecular weight excluding hydrogens is 270 g/mol. The zero-order chi connectivity index (χ0) is 14.7. The average Bonchev–Trinajstić information content (AvgIpc) is 3.08. The predicted octanol–water partition coefficient (Wildman–Crippen LogP) is 2.42. The van der Waals surface area contributed by atoms with Gasteiger partial charge in [0.25, 0.3) is 0 Å². The van der Waals surface area contributed by atoms with Gasteiger partial charge in [-0.1, -0.05) is 5.16 Å². The molecule has 21 heavy (non-hydrogen) atoms. The summed E-state index contributed by atoms with van der Waals surface area (Å²) in [7, 11) is 0. The van der Waals surface area contributed by atoms with Crippen molar-refractivity contribution in [3.8, 4) is 0 Å². The first-order chi connectivity index (χ1) is 10.2. The predicted molar refractivity (Wildman–Crippen MR) is 78.8 cm³/mol. The van der Waals surface area contributed by atoms with Crippen LogP contribution >= 0.6 is 0 Å². The van der Waals surface area contributed by atoms with Crippen LogP contribution < -0.4 is 10.6 Å². The minimum Gasteiger partial charge on any atom is -0.376 e. The second kappa shape index (κ2) is 6.09. The number of nitrogens with one attached hydrogen (secondary N) is 2. The van der Waals surface area contributed by atoms with Crippen molar-refractivity contribution in [3.05, 3.63) is 23.6 Å². The highest BCUT2D eigenvalue weighted by Crippen LogP contribution is 2.17. The van der Waals surface area contributed by atoms with Crippen molar-refractivity contribution < 1.29 is 9.26 Å². The van der Waals surface area contributed by atoms with Crippen LogP contribution in [0.5, 0.6) is 0 Å². The Balaban J connectivity index is 1.66. The number of hydrogen-bond donors (Lipinski definition) is 2. The molecule has 2 aromatic rings. The van der Waals surface area contributed by atoms with Crippen molar-refractivity contribution >= 4 is 17.6 Å². The fourth-order valence-corrected chi connectivity index (χ4v) is 2.28. The lowest BCUT2D eigenvalue weighted by molar-refractivity contribution is 0.120. The maximum absolute atomic E-state index is 5.59. The number of rotatable bonds is 5. The Morgan fingerprint density at radius 2 is 2.14 bits per heavy atom. The summed E-state index contributed by atoms with van der Waals surface area (Å²) in [5.74, 6) is 2.61. The molecule has 0 radical (unpaired) electrons. The Morgan fingerprint density at radius 1 is 1.24 bits per heavy atom. The van der Waals surface area contributed by atoms with Crippen LogP contribution in [0.25, 0.3) is 0 Å². The van der Waals surface area contributed by atoms with Gasteiger partial charge in [0, 0.05) is 31.0 Å². The third-order valence-electron chi connectivity index (χ3n) is 3.26. The van der Waals surface area contributed by atoms with Gasteiger partial charge in [0.15, 0.2) is 5.82 Å². The molecule has 7 nitrogen and oxygen atoms in total. The van der Waals surface area contributed by atoms with Crippen LogP contribution in [0.1, 0.15) is 24.3 Å². The molecule has 1 unspecified atom stereocenters. The van der Waals surface area contributed by atoms with Crippen LogP contribution in [0.15, 0.2) is 16.7 Å². The lowest BCUT2D eigenvalue weighted by Gasteiger charge is -2.12. The highest BCUT2D eigenvalue weighted by atomic mass is 16.5. The Morgan fingerprint density at radius 3 is 2.86 bits per heavy atom. The third kappa shape index (κ3) is 3.69. The zero-order valence-electron chi connectivity index (χ0n) is 12.2. The van der Waals surface area contributed by atoms with Gasteiger partial charge >= 0.3 is 0 Å². The van der Waals surface area contributed by atoms with E-state index >= 15 is 0 Å². The quantitative estimate of drug-likeness (QED) is 0.874. The number of ether oxygens (including phenoxy) is 1. The molecule has 0 aliphatic carbocycles. The Kier molecular flexibility index (Phi) is 4.01. The number of nitrogens with zero attached hydrogens (tertiary/aromatic N) is 3. The van der Waals surface area contributed by atoms with E-state index in [1.165, 1.54) is 0 Å². The number of anilines is 3. The molecule has 2 aromatic heterocycles. The van der Waals surface area contributed by atoms with E-state index in [9.17, 15) is 0 Å². The zero-order valence-corrected chi connectivity index (χ0v) is 12.2. The molecule has 1 aliphatic rings. The van der Waals surface area contributed by atoms with E-state index in [0.29, 0.717) is 11.8 Å². The minimum absolute atomic E-state index is 0.273. The Bertz CT molecular complexity index is 607. The summed E-state index contributed by atoms with van der Waals surface area (Å²) in [5, 5.41) is 10.2. The maximum atomic E-state index is 5.59. The van der Waals surface area contributed by atoms with Gasteiger partial charge < -0.3 is 19.9 Å². The normalized spacial score (nSPS) is 17.9. The summed E-state index contributed by atoms with van der Waals surface area (Å²) >= 11 is 0. The maximum Gasteiger partial charge on any atom is 0.230 e. The van der Waals surface area contributed by atoms with E-state index in [0.717, 1.165) is 43.3 Å². The van der Waals surface area contributed by atoms with Gasteiger partial charge in [0.1, 0.15) is 11.6 Å². The third-order valence-corrected chi connectivity index (χ3v) is 3.26. The molecule has 1 fully saturated rings. The first kappa shape index (κ1) is 13.8. The molecule has 0 saturated carbocycles. The molecule has 0 bridgehead atoms. The van der Waals surface area contributed by atoms with Crippen LogP contribution in [0.3, 0.4) is 0 Å². The molecule has 7 heteroatoms. The molecule has 3 rings (SSSR count). The van der Waals surface area contributed by atoms with E-state index < -0.39 is 0 Å². The monoisotopic (exact) mass is 289 g/mol. The topological polar surface area (TPSA) is 85.1 Å². The minimum atomic E-state index is 0.273. The van der Waals surface area contributed by atoms with Crippen molar-refractivity contribution in [1.82, 2.24) is 15.1 Å². The standard InChI is InChI=1S/C14H19N5O2/c1-9-6-12(15-8-11-4-3-5-20-11)17-14(16-9)18-13-7-10(2)21-19-13/h6-7,11H,3-5,8H2,1-2H3,(H2,15,16,17,18,19). The molecule has 112 valence electrons. The van der Waals surface area contributed by atoms with Gasteiger partial charge in [0.2, 0.25) is 5.95 Å². The summed E-state index contributed by atoms with van der Waals surface area (Å²) < 4.78 is 10.6. The molecule has 1 saturated heterocycles. The van der Waals surface area contributed by atoms with Crippen molar-refractivity contribution in [1.29, 1.82) is 0 Å². The van der Waals surface area contributed by atoms with Gasteiger partial charge in [-0.15, -0.1) is 0 Å². The van der Waals surface area contributed by atoms with Crippen molar-refractivity contribution in [3.63, 3.8) is 0 Å². The summed E-state index contributed by atoms with van der Waals surface area (Å²) in [4.78, 5) is 8.77. The van der Waals surface area contributed by atoms with E-state index in [1.807, 2.05) is 19.9 Å². The van der Waals surface area contributed by atoms with Crippen LogP contribution in [-0.2, 0) is 4.74 Å². The highest BCUT2D eigenvalue weighted by Gasteiger charge is 2.15. The first-order valence-electron chi connectivity index (χ1n) is 7.10. The highest BCUT2D eigenvalue weighted by molar-refractivity contribution is 5.51. The fourth-order valence-electron chi connectivity index (χ4n) is 2.28. The second-order valence-corrected chi connectivity index (χ2v) is 5.18. The lowest BCUT2D eigenvalue weighted by atomic mass is 10.2. The van der Waals surface area contributed by atoms with Gasteiger partial charge in [-0.25, -0.2) is 4.98 Å². The van der Waals surface area contributed by atoms with Crippen molar-refractivity contribution in [2.24, 2.45) is 0 Å². The lowest BCUT2D eigenvalue weighted by Crippen LogP contribution is -2.19. The summed E-state index contributed by atoms with van der Waals surface area (Å²) in [6, 6.07) is 3.71. The van der Waals surface area contributed by atoms with Gasteiger partial charge in [-0.3, -0.25) is 0 Å². The van der Waals surface area contributed by atoms with Gasteiger partial charge in [-0.2, -0.15) is 4.98 Å². The molecular formula is C14H19N5O2. The summed E-state index contributed by atoms with van der Waals surface area (Å²) in [6.45, 7) is 5.38. The molecule has 0 spiro atoms. The fraction of sp³-hybridized carbons (Fsp3) is 0.500. The van der Waals surface area contributed by atoms with E-state index in [-0.39, 0.29) is 6.10 Å². The number of hydrogen-bond acceptors (Lipinski definition) is 7. The molecule has 1 aliphatic heterocycles.